The molecule has 1 nitrogen and oxygen atoms in total. The second-order valence-electron chi connectivity index (χ2n) is 7.79. The highest BCUT2D eigenvalue weighted by atomic mass is 14.9. The van der Waals surface area contributed by atoms with Crippen molar-refractivity contribution in [3.8, 4) is 0 Å². The van der Waals surface area contributed by atoms with Crippen molar-refractivity contribution in [3.05, 3.63) is 34.9 Å². The number of rotatable bonds is 6. The molecule has 0 radical (unpaired) electrons. The maximum absolute atomic E-state index is 3.51. The van der Waals surface area contributed by atoms with Crippen LogP contribution in [0.1, 0.15) is 57.2 Å². The Labute approximate surface area is 126 Å². The fraction of sp³-hybridized carbons (Fsp3) is 0.684. The van der Waals surface area contributed by atoms with E-state index in [0.717, 1.165) is 12.3 Å². The first-order chi connectivity index (χ1) is 9.19. The molecule has 0 saturated heterocycles. The lowest BCUT2D eigenvalue weighted by Crippen LogP contribution is -2.30. The minimum atomic E-state index is 0.428. The summed E-state index contributed by atoms with van der Waals surface area (Å²) in [6.07, 6.45) is 3.67. The second kappa shape index (κ2) is 7.26. The summed E-state index contributed by atoms with van der Waals surface area (Å²) >= 11 is 0. The third kappa shape index (κ3) is 6.56. The van der Waals surface area contributed by atoms with E-state index in [4.69, 9.17) is 0 Å². The average molecular weight is 275 g/mol. The first-order valence-corrected chi connectivity index (χ1v) is 7.94. The number of benzene rings is 1. The number of likely N-dealkylation sites (N-methyl/N-ethyl adjacent to an activating group) is 1. The minimum absolute atomic E-state index is 0.428. The summed E-state index contributed by atoms with van der Waals surface area (Å²) in [5.41, 5.74) is 4.64. The van der Waals surface area contributed by atoms with Crippen LogP contribution in [0, 0.1) is 25.2 Å². The predicted molar refractivity (Wildman–Crippen MR) is 90.3 cm³/mol. The van der Waals surface area contributed by atoms with Gasteiger partial charge in [0.15, 0.2) is 0 Å². The third-order valence-corrected chi connectivity index (χ3v) is 3.82. The van der Waals surface area contributed by atoms with Gasteiger partial charge in [-0.1, -0.05) is 57.0 Å². The van der Waals surface area contributed by atoms with E-state index in [9.17, 15) is 0 Å². The van der Waals surface area contributed by atoms with Gasteiger partial charge in [-0.25, -0.2) is 0 Å². The summed E-state index contributed by atoms with van der Waals surface area (Å²) in [6, 6.07) is 7.48. The first kappa shape index (κ1) is 17.2. The van der Waals surface area contributed by atoms with Gasteiger partial charge in [0.1, 0.15) is 0 Å². The summed E-state index contributed by atoms with van der Waals surface area (Å²) in [5, 5.41) is 3.51. The van der Waals surface area contributed by atoms with Crippen LogP contribution in [0.2, 0.25) is 0 Å². The van der Waals surface area contributed by atoms with E-state index in [-0.39, 0.29) is 0 Å². The van der Waals surface area contributed by atoms with Gasteiger partial charge in [-0.3, -0.25) is 0 Å². The lowest BCUT2D eigenvalue weighted by Gasteiger charge is -2.27. The number of nitrogens with one attached hydrogen (secondary N) is 1. The van der Waals surface area contributed by atoms with Gasteiger partial charge >= 0.3 is 0 Å². The second-order valence-corrected chi connectivity index (χ2v) is 7.79. The lowest BCUT2D eigenvalue weighted by molar-refractivity contribution is 0.277. The van der Waals surface area contributed by atoms with E-state index in [1.165, 1.54) is 29.5 Å². The molecule has 1 rings (SSSR count). The van der Waals surface area contributed by atoms with Gasteiger partial charge < -0.3 is 5.32 Å². The molecule has 2 atom stereocenters. The zero-order valence-electron chi connectivity index (χ0n) is 14.5. The van der Waals surface area contributed by atoms with E-state index >= 15 is 0 Å². The van der Waals surface area contributed by atoms with E-state index in [0.29, 0.717) is 11.5 Å². The normalized spacial score (nSPS) is 15.2. The smallest absolute Gasteiger partial charge is 0.0107 e. The van der Waals surface area contributed by atoms with Crippen LogP contribution in [0.3, 0.4) is 0 Å². The Morgan fingerprint density at radius 3 is 2.05 bits per heavy atom. The summed E-state index contributed by atoms with van der Waals surface area (Å²) in [7, 11) is 2.09. The van der Waals surface area contributed by atoms with Gasteiger partial charge in [0.2, 0.25) is 0 Å². The van der Waals surface area contributed by atoms with Crippen molar-refractivity contribution in [1.82, 2.24) is 5.32 Å². The van der Waals surface area contributed by atoms with Crippen LogP contribution in [0.4, 0.5) is 0 Å². The minimum Gasteiger partial charge on any atom is -0.317 e. The fourth-order valence-electron chi connectivity index (χ4n) is 3.39. The zero-order chi connectivity index (χ0) is 15.3. The Morgan fingerprint density at radius 2 is 1.60 bits per heavy atom. The Kier molecular flexibility index (Phi) is 6.26. The maximum Gasteiger partial charge on any atom is 0.0107 e. The third-order valence-electron chi connectivity index (χ3n) is 3.82. The highest BCUT2D eigenvalue weighted by Crippen LogP contribution is 2.27. The van der Waals surface area contributed by atoms with Crippen LogP contribution in [-0.4, -0.2) is 13.1 Å². The molecule has 0 amide bonds. The van der Waals surface area contributed by atoms with Crippen LogP contribution in [0.5, 0.6) is 0 Å². The summed E-state index contributed by atoms with van der Waals surface area (Å²) in [6.45, 7) is 13.8. The van der Waals surface area contributed by atoms with Crippen molar-refractivity contribution >= 4 is 0 Å². The van der Waals surface area contributed by atoms with E-state index in [1.54, 1.807) is 0 Å². The summed E-state index contributed by atoms with van der Waals surface area (Å²) < 4.78 is 0. The molecule has 20 heavy (non-hydrogen) atoms. The molecule has 1 heteroatoms. The van der Waals surface area contributed by atoms with Crippen LogP contribution in [0.25, 0.3) is 0 Å². The molecule has 1 N–H and O–H groups in total. The molecular weight excluding hydrogens is 242 g/mol. The van der Waals surface area contributed by atoms with Gasteiger partial charge in [0, 0.05) is 6.04 Å². The Balaban J connectivity index is 2.63. The van der Waals surface area contributed by atoms with E-state index in [1.807, 2.05) is 0 Å². The largest absolute Gasteiger partial charge is 0.317 e. The molecule has 0 saturated carbocycles. The molecule has 1 aromatic rings. The standard InChI is InChI=1S/C19H33N/c1-14-8-15(2)10-17(9-14)12-18(20-7)11-16(3)13-19(4,5)6/h8-10,16,18,20H,11-13H2,1-7H3. The summed E-state index contributed by atoms with van der Waals surface area (Å²) in [4.78, 5) is 0. The van der Waals surface area contributed by atoms with Crippen LogP contribution in [-0.2, 0) is 6.42 Å². The van der Waals surface area contributed by atoms with E-state index < -0.39 is 0 Å². The van der Waals surface area contributed by atoms with Crippen molar-refractivity contribution in [2.24, 2.45) is 11.3 Å². The molecule has 0 bridgehead atoms. The molecule has 2 unspecified atom stereocenters. The fourth-order valence-corrected chi connectivity index (χ4v) is 3.39. The van der Waals surface area contributed by atoms with Crippen LogP contribution in [0.15, 0.2) is 18.2 Å². The quantitative estimate of drug-likeness (QED) is 0.779. The van der Waals surface area contributed by atoms with Crippen LogP contribution >= 0.6 is 0 Å². The number of aryl methyl sites for hydroxylation is 2. The van der Waals surface area contributed by atoms with Crippen molar-refractivity contribution < 1.29 is 0 Å². The van der Waals surface area contributed by atoms with E-state index in [2.05, 4.69) is 72.1 Å². The first-order valence-electron chi connectivity index (χ1n) is 7.94. The van der Waals surface area contributed by atoms with Crippen LogP contribution < -0.4 is 5.32 Å². The predicted octanol–water partition coefficient (Wildman–Crippen LogP) is 4.90. The molecular formula is C19H33N. The Morgan fingerprint density at radius 1 is 1.05 bits per heavy atom. The molecule has 114 valence electrons. The highest BCUT2D eigenvalue weighted by Gasteiger charge is 2.18. The van der Waals surface area contributed by atoms with Gasteiger partial charge in [-0.2, -0.15) is 0 Å². The molecule has 0 aliphatic carbocycles. The van der Waals surface area contributed by atoms with Crippen molar-refractivity contribution in [2.45, 2.75) is 66.8 Å². The molecule has 0 heterocycles. The topological polar surface area (TPSA) is 12.0 Å². The lowest BCUT2D eigenvalue weighted by atomic mass is 9.82. The summed E-state index contributed by atoms with van der Waals surface area (Å²) in [5.74, 6) is 0.762. The van der Waals surface area contributed by atoms with Gasteiger partial charge in [-0.15, -0.1) is 0 Å². The highest BCUT2D eigenvalue weighted by molar-refractivity contribution is 5.29. The zero-order valence-corrected chi connectivity index (χ0v) is 14.5. The maximum atomic E-state index is 3.51. The molecule has 1 aromatic carbocycles. The number of hydrogen-bond donors (Lipinski definition) is 1. The van der Waals surface area contributed by atoms with Crippen molar-refractivity contribution in [1.29, 1.82) is 0 Å². The molecule has 0 spiro atoms. The number of hydrogen-bond acceptors (Lipinski definition) is 1. The van der Waals surface area contributed by atoms with Crippen molar-refractivity contribution in [3.63, 3.8) is 0 Å². The van der Waals surface area contributed by atoms with Crippen molar-refractivity contribution in [2.75, 3.05) is 7.05 Å². The average Bonchev–Trinajstić information content (AvgIpc) is 2.23. The SMILES string of the molecule is CNC(Cc1cc(C)cc(C)c1)CC(C)CC(C)(C)C. The molecule has 0 fully saturated rings. The van der Waals surface area contributed by atoms with Gasteiger partial charge in [0.05, 0.1) is 0 Å². The van der Waals surface area contributed by atoms with Gasteiger partial charge in [-0.05, 0) is 57.1 Å². The monoisotopic (exact) mass is 275 g/mol. The molecule has 0 aliphatic heterocycles. The molecule has 0 aliphatic rings. The van der Waals surface area contributed by atoms with Gasteiger partial charge in [0.25, 0.3) is 0 Å². The Hall–Kier alpha value is -0.820. The Bertz CT molecular complexity index is 394. The molecule has 0 aromatic heterocycles.